The maximum Gasteiger partial charge on any atom is 0.166 e. The highest BCUT2D eigenvalue weighted by molar-refractivity contribution is 7.80. The lowest BCUT2D eigenvalue weighted by molar-refractivity contribution is 0.390. The monoisotopic (exact) mass is 200 g/mol. The third kappa shape index (κ3) is 3.14. The van der Waals surface area contributed by atoms with Crippen LogP contribution in [-0.2, 0) is 0 Å². The van der Waals surface area contributed by atoms with Crippen molar-refractivity contribution in [2.24, 2.45) is 5.92 Å². The van der Waals surface area contributed by atoms with Crippen LogP contribution in [0.15, 0.2) is 0 Å². The van der Waals surface area contributed by atoms with E-state index in [-0.39, 0.29) is 0 Å². The van der Waals surface area contributed by atoms with E-state index in [9.17, 15) is 0 Å². The topological polar surface area (TPSA) is 24.1 Å². The molecular weight excluding hydrogens is 180 g/mol. The molecule has 0 amide bonds. The summed E-state index contributed by atoms with van der Waals surface area (Å²) in [7, 11) is 1.87. The zero-order chi connectivity index (χ0) is 9.68. The molecule has 0 aromatic rings. The molecule has 0 aliphatic heterocycles. The van der Waals surface area contributed by atoms with Crippen LogP contribution in [-0.4, -0.2) is 18.2 Å². The van der Waals surface area contributed by atoms with E-state index in [1.807, 2.05) is 7.05 Å². The van der Waals surface area contributed by atoms with E-state index in [0.717, 1.165) is 11.0 Å². The number of hydrogen-bond donors (Lipinski definition) is 2. The molecule has 0 heterocycles. The van der Waals surface area contributed by atoms with Crippen molar-refractivity contribution in [1.82, 2.24) is 10.6 Å². The highest BCUT2D eigenvalue weighted by Crippen LogP contribution is 2.28. The van der Waals surface area contributed by atoms with Crippen molar-refractivity contribution < 1.29 is 0 Å². The minimum absolute atomic E-state index is 0.586. The van der Waals surface area contributed by atoms with Gasteiger partial charge in [-0.1, -0.05) is 19.8 Å². The molecule has 0 radical (unpaired) electrons. The van der Waals surface area contributed by atoms with Crippen molar-refractivity contribution in [1.29, 1.82) is 0 Å². The Balaban J connectivity index is 2.37. The number of hydrogen-bond acceptors (Lipinski definition) is 1. The summed E-state index contributed by atoms with van der Waals surface area (Å²) >= 11 is 5.11. The fourth-order valence-electron chi connectivity index (χ4n) is 2.15. The van der Waals surface area contributed by atoms with Crippen LogP contribution in [0.5, 0.6) is 0 Å². The molecule has 13 heavy (non-hydrogen) atoms. The number of nitrogens with one attached hydrogen (secondary N) is 2. The Hall–Kier alpha value is -0.310. The average Bonchev–Trinajstić information content (AvgIpc) is 2.66. The maximum absolute atomic E-state index is 5.11. The van der Waals surface area contributed by atoms with E-state index in [1.165, 1.54) is 32.1 Å². The number of thiocarbonyl (C=S) groups is 1. The van der Waals surface area contributed by atoms with Gasteiger partial charge in [-0.05, 0) is 37.4 Å². The van der Waals surface area contributed by atoms with Gasteiger partial charge >= 0.3 is 0 Å². The van der Waals surface area contributed by atoms with Crippen molar-refractivity contribution in [2.45, 2.75) is 45.1 Å². The summed E-state index contributed by atoms with van der Waals surface area (Å²) in [4.78, 5) is 0. The first-order valence-corrected chi connectivity index (χ1v) is 5.67. The van der Waals surface area contributed by atoms with E-state index in [1.54, 1.807) is 0 Å². The average molecular weight is 200 g/mol. The van der Waals surface area contributed by atoms with Crippen LogP contribution < -0.4 is 10.6 Å². The molecule has 0 saturated heterocycles. The van der Waals surface area contributed by atoms with E-state index >= 15 is 0 Å². The molecule has 2 N–H and O–H groups in total. The molecule has 0 spiro atoms. The molecule has 0 aromatic heterocycles. The summed E-state index contributed by atoms with van der Waals surface area (Å²) in [6.07, 6.45) is 6.71. The van der Waals surface area contributed by atoms with Gasteiger partial charge in [0.05, 0.1) is 0 Å². The number of rotatable bonds is 3. The molecule has 2 nitrogen and oxygen atoms in total. The van der Waals surface area contributed by atoms with Crippen molar-refractivity contribution in [3.8, 4) is 0 Å². The van der Waals surface area contributed by atoms with Gasteiger partial charge in [-0.15, -0.1) is 0 Å². The Morgan fingerprint density at radius 1 is 1.46 bits per heavy atom. The first kappa shape index (κ1) is 10.8. The van der Waals surface area contributed by atoms with Gasteiger partial charge in [0, 0.05) is 13.1 Å². The van der Waals surface area contributed by atoms with Crippen molar-refractivity contribution >= 4 is 17.3 Å². The van der Waals surface area contributed by atoms with Crippen molar-refractivity contribution in [3.05, 3.63) is 0 Å². The lowest BCUT2D eigenvalue weighted by Crippen LogP contribution is -2.43. The largest absolute Gasteiger partial charge is 0.366 e. The van der Waals surface area contributed by atoms with E-state index in [0.29, 0.717) is 6.04 Å². The summed E-state index contributed by atoms with van der Waals surface area (Å²) in [5, 5.41) is 7.14. The minimum atomic E-state index is 0.586. The molecule has 0 aromatic carbocycles. The maximum atomic E-state index is 5.11. The normalized spacial score (nSPS) is 19.8. The first-order chi connectivity index (χ1) is 6.27. The highest BCUT2D eigenvalue weighted by atomic mass is 32.1. The third-order valence-electron chi connectivity index (χ3n) is 2.95. The van der Waals surface area contributed by atoms with Crippen LogP contribution in [0.1, 0.15) is 39.0 Å². The molecule has 1 aliphatic rings. The predicted molar refractivity (Wildman–Crippen MR) is 60.8 cm³/mol. The van der Waals surface area contributed by atoms with Crippen molar-refractivity contribution in [3.63, 3.8) is 0 Å². The van der Waals surface area contributed by atoms with Gasteiger partial charge in [-0.2, -0.15) is 0 Å². The summed E-state index contributed by atoms with van der Waals surface area (Å²) in [5.74, 6) is 0.844. The van der Waals surface area contributed by atoms with Crippen LogP contribution in [0.2, 0.25) is 0 Å². The standard InChI is InChI=1S/C10H20N2S/c1-3-9(12-10(13)11-2)8-6-4-5-7-8/h8-9H,3-7H2,1-2H3,(H2,11,12,13). The second kappa shape index (κ2) is 5.43. The second-order valence-corrected chi connectivity index (χ2v) is 4.19. The third-order valence-corrected chi connectivity index (χ3v) is 3.27. The Kier molecular flexibility index (Phi) is 4.50. The Labute approximate surface area is 86.5 Å². The predicted octanol–water partition coefficient (Wildman–Crippen LogP) is 2.05. The van der Waals surface area contributed by atoms with Crippen LogP contribution in [0.3, 0.4) is 0 Å². The molecule has 1 fully saturated rings. The lowest BCUT2D eigenvalue weighted by atomic mass is 9.96. The Morgan fingerprint density at radius 3 is 2.54 bits per heavy atom. The van der Waals surface area contributed by atoms with E-state index in [4.69, 9.17) is 12.2 Å². The molecule has 1 aliphatic carbocycles. The smallest absolute Gasteiger partial charge is 0.166 e. The van der Waals surface area contributed by atoms with Crippen LogP contribution in [0.4, 0.5) is 0 Å². The van der Waals surface area contributed by atoms with E-state index in [2.05, 4.69) is 17.6 Å². The molecule has 1 saturated carbocycles. The summed E-state index contributed by atoms with van der Waals surface area (Å²) in [6, 6.07) is 0.586. The molecule has 1 unspecified atom stereocenters. The zero-order valence-electron chi connectivity index (χ0n) is 8.60. The van der Waals surface area contributed by atoms with Crippen molar-refractivity contribution in [2.75, 3.05) is 7.05 Å². The molecule has 1 atom stereocenters. The molecule has 76 valence electrons. The fraction of sp³-hybridized carbons (Fsp3) is 0.900. The second-order valence-electron chi connectivity index (χ2n) is 3.78. The summed E-state index contributed by atoms with van der Waals surface area (Å²) in [6.45, 7) is 2.23. The van der Waals surface area contributed by atoms with Gasteiger partial charge in [0.1, 0.15) is 0 Å². The van der Waals surface area contributed by atoms with Gasteiger partial charge in [0.15, 0.2) is 5.11 Å². The van der Waals surface area contributed by atoms with E-state index < -0.39 is 0 Å². The summed E-state index contributed by atoms with van der Waals surface area (Å²) < 4.78 is 0. The molecule has 1 rings (SSSR count). The fourth-order valence-corrected chi connectivity index (χ4v) is 2.30. The van der Waals surface area contributed by atoms with Gasteiger partial charge in [0.2, 0.25) is 0 Å². The molecule has 0 bridgehead atoms. The van der Waals surface area contributed by atoms with Crippen LogP contribution >= 0.6 is 12.2 Å². The quantitative estimate of drug-likeness (QED) is 0.682. The van der Waals surface area contributed by atoms with Gasteiger partial charge in [-0.25, -0.2) is 0 Å². The minimum Gasteiger partial charge on any atom is -0.366 e. The zero-order valence-corrected chi connectivity index (χ0v) is 9.41. The Morgan fingerprint density at radius 2 is 2.08 bits per heavy atom. The van der Waals surface area contributed by atoms with Gasteiger partial charge < -0.3 is 10.6 Å². The van der Waals surface area contributed by atoms with Crippen LogP contribution in [0, 0.1) is 5.92 Å². The van der Waals surface area contributed by atoms with Crippen LogP contribution in [0.25, 0.3) is 0 Å². The molecule has 3 heteroatoms. The summed E-state index contributed by atoms with van der Waals surface area (Å²) in [5.41, 5.74) is 0. The lowest BCUT2D eigenvalue weighted by Gasteiger charge is -2.24. The van der Waals surface area contributed by atoms with Gasteiger partial charge in [0.25, 0.3) is 0 Å². The van der Waals surface area contributed by atoms with Gasteiger partial charge in [-0.3, -0.25) is 0 Å². The SMILES string of the molecule is CCC(NC(=S)NC)C1CCCC1. The Bertz CT molecular complexity index is 164. The first-order valence-electron chi connectivity index (χ1n) is 5.26. The highest BCUT2D eigenvalue weighted by Gasteiger charge is 2.23. The molecular formula is C10H20N2S.